The highest BCUT2D eigenvalue weighted by atomic mass is 79.9. The van der Waals surface area contributed by atoms with Crippen molar-refractivity contribution in [3.8, 4) is 22.5 Å². The molecule has 112 valence electrons. The molecule has 0 saturated carbocycles. The summed E-state index contributed by atoms with van der Waals surface area (Å²) in [5, 5.41) is 0. The van der Waals surface area contributed by atoms with E-state index in [1.54, 1.807) is 12.4 Å². The Balaban J connectivity index is 2.08. The summed E-state index contributed by atoms with van der Waals surface area (Å²) in [6, 6.07) is 9.29. The number of halogens is 2. The van der Waals surface area contributed by atoms with E-state index < -0.39 is 5.95 Å². The molecule has 0 radical (unpaired) electrons. The van der Waals surface area contributed by atoms with Gasteiger partial charge < -0.3 is 4.98 Å². The molecule has 0 amide bonds. The van der Waals surface area contributed by atoms with Gasteiger partial charge >= 0.3 is 0 Å². The van der Waals surface area contributed by atoms with Crippen molar-refractivity contribution in [2.75, 3.05) is 0 Å². The molecule has 0 saturated heterocycles. The third kappa shape index (κ3) is 2.49. The fraction of sp³-hybridized carbons (Fsp3) is 0. The second-order valence-corrected chi connectivity index (χ2v) is 5.66. The summed E-state index contributed by atoms with van der Waals surface area (Å²) in [4.78, 5) is 19.8. The zero-order valence-electron chi connectivity index (χ0n) is 11.7. The summed E-state index contributed by atoms with van der Waals surface area (Å²) < 4.78 is 14.3. The molecular weight excluding hydrogens is 361 g/mol. The molecule has 0 aliphatic rings. The van der Waals surface area contributed by atoms with Crippen molar-refractivity contribution in [2.45, 2.75) is 0 Å². The third-order valence-electron chi connectivity index (χ3n) is 3.41. The molecule has 23 heavy (non-hydrogen) atoms. The molecular formula is C16H9BrFN5. The van der Waals surface area contributed by atoms with Gasteiger partial charge in [0.15, 0.2) is 5.65 Å². The number of hydrogen-bond donors (Lipinski definition) is 1. The van der Waals surface area contributed by atoms with Gasteiger partial charge in [0.25, 0.3) is 0 Å². The first-order chi connectivity index (χ1) is 11.2. The summed E-state index contributed by atoms with van der Waals surface area (Å²) in [5.41, 5.74) is 4.02. The Bertz CT molecular complexity index is 1000. The molecule has 7 heteroatoms. The maximum Gasteiger partial charge on any atom is 0.232 e. The second kappa shape index (κ2) is 5.51. The predicted octanol–water partition coefficient (Wildman–Crippen LogP) is 3.98. The Labute approximate surface area is 138 Å². The van der Waals surface area contributed by atoms with Crippen LogP contribution < -0.4 is 0 Å². The quantitative estimate of drug-likeness (QED) is 0.542. The predicted molar refractivity (Wildman–Crippen MR) is 88.0 cm³/mol. The molecule has 0 aromatic carbocycles. The van der Waals surface area contributed by atoms with Gasteiger partial charge in [-0.15, -0.1) is 0 Å². The molecule has 0 bridgehead atoms. The zero-order chi connectivity index (χ0) is 15.8. The summed E-state index contributed by atoms with van der Waals surface area (Å²) in [5.74, 6) is -0.629. The van der Waals surface area contributed by atoms with Gasteiger partial charge in [0.2, 0.25) is 5.95 Å². The number of rotatable bonds is 2. The van der Waals surface area contributed by atoms with E-state index in [9.17, 15) is 4.39 Å². The highest BCUT2D eigenvalue weighted by Gasteiger charge is 2.18. The Morgan fingerprint density at radius 1 is 1.04 bits per heavy atom. The van der Waals surface area contributed by atoms with Crippen LogP contribution in [0.4, 0.5) is 4.39 Å². The molecule has 0 aliphatic carbocycles. The molecule has 4 heterocycles. The lowest BCUT2D eigenvalue weighted by atomic mass is 10.1. The highest BCUT2D eigenvalue weighted by molar-refractivity contribution is 9.10. The van der Waals surface area contributed by atoms with E-state index in [0.29, 0.717) is 27.0 Å². The molecule has 1 N–H and O–H groups in total. The molecule has 4 rings (SSSR count). The Kier molecular flexibility index (Phi) is 3.34. The van der Waals surface area contributed by atoms with Crippen LogP contribution in [-0.2, 0) is 0 Å². The minimum absolute atomic E-state index is 0.451. The third-order valence-corrected chi connectivity index (χ3v) is 3.84. The van der Waals surface area contributed by atoms with Crippen LogP contribution in [0.15, 0.2) is 53.5 Å². The average Bonchev–Trinajstić information content (AvgIpc) is 2.94. The Morgan fingerprint density at radius 2 is 1.96 bits per heavy atom. The fourth-order valence-corrected chi connectivity index (χ4v) is 2.83. The SMILES string of the molecule is Fc1cnc2[nH]c(-c3ccnc(Br)c3)c(-c3ccccn3)c2n1. The maximum atomic E-state index is 13.6. The van der Waals surface area contributed by atoms with Crippen molar-refractivity contribution in [1.82, 2.24) is 24.9 Å². The van der Waals surface area contributed by atoms with Crippen molar-refractivity contribution in [2.24, 2.45) is 0 Å². The number of nitrogens with zero attached hydrogens (tertiary/aromatic N) is 4. The summed E-state index contributed by atoms with van der Waals surface area (Å²) in [6.45, 7) is 0. The van der Waals surface area contributed by atoms with Crippen molar-refractivity contribution in [3.05, 3.63) is 59.5 Å². The van der Waals surface area contributed by atoms with Crippen molar-refractivity contribution >= 4 is 27.1 Å². The van der Waals surface area contributed by atoms with E-state index >= 15 is 0 Å². The number of nitrogens with one attached hydrogen (secondary N) is 1. The van der Waals surface area contributed by atoms with Gasteiger partial charge in [-0.05, 0) is 40.2 Å². The number of hydrogen-bond acceptors (Lipinski definition) is 4. The van der Waals surface area contributed by atoms with Crippen molar-refractivity contribution < 1.29 is 4.39 Å². The standard InChI is InChI=1S/C16H9BrFN5/c17-11-7-9(4-6-20-11)14-13(10-3-1-2-5-19-10)15-16(23-14)21-8-12(18)22-15/h1-8H,(H,21,23). The van der Waals surface area contributed by atoms with E-state index in [0.717, 1.165) is 17.5 Å². The van der Waals surface area contributed by atoms with E-state index in [1.807, 2.05) is 30.3 Å². The summed E-state index contributed by atoms with van der Waals surface area (Å²) >= 11 is 3.36. The lowest BCUT2D eigenvalue weighted by molar-refractivity contribution is 0.583. The maximum absolute atomic E-state index is 13.6. The highest BCUT2D eigenvalue weighted by Crippen LogP contribution is 2.36. The summed E-state index contributed by atoms with van der Waals surface area (Å²) in [6.07, 6.45) is 4.47. The average molecular weight is 370 g/mol. The van der Waals surface area contributed by atoms with Crippen LogP contribution in [0.1, 0.15) is 0 Å². The summed E-state index contributed by atoms with van der Waals surface area (Å²) in [7, 11) is 0. The zero-order valence-corrected chi connectivity index (χ0v) is 13.2. The normalized spacial score (nSPS) is 11.0. The van der Waals surface area contributed by atoms with Crippen LogP contribution >= 0.6 is 15.9 Å². The molecule has 4 aromatic heterocycles. The molecule has 4 aromatic rings. The minimum atomic E-state index is -0.629. The number of H-pyrrole nitrogens is 1. The largest absolute Gasteiger partial charge is 0.337 e. The number of aromatic amines is 1. The first-order valence-electron chi connectivity index (χ1n) is 6.80. The van der Waals surface area contributed by atoms with Gasteiger partial charge in [-0.25, -0.2) is 15.0 Å². The van der Waals surface area contributed by atoms with Crippen molar-refractivity contribution in [1.29, 1.82) is 0 Å². The van der Waals surface area contributed by atoms with E-state index in [2.05, 4.69) is 40.8 Å². The van der Waals surface area contributed by atoms with Crippen LogP contribution in [-0.4, -0.2) is 24.9 Å². The number of aromatic nitrogens is 5. The van der Waals surface area contributed by atoms with E-state index in [4.69, 9.17) is 0 Å². The van der Waals surface area contributed by atoms with Crippen LogP contribution in [0.2, 0.25) is 0 Å². The molecule has 5 nitrogen and oxygen atoms in total. The monoisotopic (exact) mass is 369 g/mol. The van der Waals surface area contributed by atoms with Gasteiger partial charge in [0, 0.05) is 18.0 Å². The van der Waals surface area contributed by atoms with E-state index in [1.165, 1.54) is 0 Å². The molecule has 0 fully saturated rings. The van der Waals surface area contributed by atoms with Gasteiger partial charge in [0.05, 0.1) is 23.1 Å². The lowest BCUT2D eigenvalue weighted by Crippen LogP contribution is -1.89. The molecule has 0 atom stereocenters. The van der Waals surface area contributed by atoms with Crippen LogP contribution in [0, 0.1) is 5.95 Å². The minimum Gasteiger partial charge on any atom is -0.337 e. The van der Waals surface area contributed by atoms with Gasteiger partial charge in [-0.3, -0.25) is 4.98 Å². The van der Waals surface area contributed by atoms with Gasteiger partial charge in [-0.1, -0.05) is 6.07 Å². The number of fused-ring (bicyclic) bond motifs is 1. The molecule has 0 unspecified atom stereocenters. The smallest absolute Gasteiger partial charge is 0.232 e. The Morgan fingerprint density at radius 3 is 2.74 bits per heavy atom. The fourth-order valence-electron chi connectivity index (χ4n) is 2.47. The molecule has 0 aliphatic heterocycles. The first-order valence-corrected chi connectivity index (χ1v) is 7.59. The van der Waals surface area contributed by atoms with Crippen molar-refractivity contribution in [3.63, 3.8) is 0 Å². The van der Waals surface area contributed by atoms with Crippen LogP contribution in [0.5, 0.6) is 0 Å². The lowest BCUT2D eigenvalue weighted by Gasteiger charge is -2.04. The van der Waals surface area contributed by atoms with E-state index in [-0.39, 0.29) is 0 Å². The van der Waals surface area contributed by atoms with Crippen LogP contribution in [0.3, 0.4) is 0 Å². The second-order valence-electron chi connectivity index (χ2n) is 4.85. The molecule has 0 spiro atoms. The Hall–Kier alpha value is -2.67. The van der Waals surface area contributed by atoms with Gasteiger partial charge in [-0.2, -0.15) is 4.39 Å². The first kappa shape index (κ1) is 14.0. The topological polar surface area (TPSA) is 67.3 Å². The number of pyridine rings is 2. The van der Waals surface area contributed by atoms with Crippen LogP contribution in [0.25, 0.3) is 33.7 Å². The van der Waals surface area contributed by atoms with Gasteiger partial charge in [0.1, 0.15) is 10.1 Å².